The van der Waals surface area contributed by atoms with Gasteiger partial charge in [-0.15, -0.1) is 0 Å². The highest BCUT2D eigenvalue weighted by atomic mass is 19.3. The zero-order valence-corrected chi connectivity index (χ0v) is 9.75. The van der Waals surface area contributed by atoms with Crippen molar-refractivity contribution >= 4 is 5.82 Å². The van der Waals surface area contributed by atoms with Gasteiger partial charge in [0.1, 0.15) is 0 Å². The van der Waals surface area contributed by atoms with Crippen molar-refractivity contribution in [3.05, 3.63) is 17.8 Å². The summed E-state index contributed by atoms with van der Waals surface area (Å²) in [7, 11) is 0. The third-order valence-electron chi connectivity index (χ3n) is 3.01. The van der Waals surface area contributed by atoms with Crippen LogP contribution < -0.4 is 10.5 Å². The number of ether oxygens (including phenoxy) is 1. The molecule has 1 aromatic heterocycles. The summed E-state index contributed by atoms with van der Waals surface area (Å²) in [5.41, 5.74) is 6.48. The molecule has 0 aliphatic heterocycles. The fourth-order valence-electron chi connectivity index (χ4n) is 2.08. The molecule has 1 saturated carbocycles. The Hall–Kier alpha value is -1.39. The second-order valence-corrected chi connectivity index (χ2v) is 4.61. The fraction of sp³-hybridized carbons (Fsp3) is 0.583. The third kappa shape index (κ3) is 3.05. The third-order valence-corrected chi connectivity index (χ3v) is 3.01. The first kappa shape index (κ1) is 12.1. The van der Waals surface area contributed by atoms with Gasteiger partial charge in [-0.1, -0.05) is 0 Å². The summed E-state index contributed by atoms with van der Waals surface area (Å²) in [6.07, 6.45) is 0.376. The van der Waals surface area contributed by atoms with E-state index in [1.165, 1.54) is 0 Å². The zero-order chi connectivity index (χ0) is 12.5. The molecule has 1 aliphatic rings. The van der Waals surface area contributed by atoms with Crippen LogP contribution >= 0.6 is 0 Å². The van der Waals surface area contributed by atoms with Crippen molar-refractivity contribution in [2.75, 3.05) is 12.3 Å². The van der Waals surface area contributed by atoms with Gasteiger partial charge in [0.05, 0.1) is 6.61 Å². The lowest BCUT2D eigenvalue weighted by Crippen LogP contribution is -2.14. The summed E-state index contributed by atoms with van der Waals surface area (Å²) in [5.74, 6) is -1.82. The summed E-state index contributed by atoms with van der Waals surface area (Å²) < 4.78 is 31.4. The Bertz CT molecular complexity index is 409. The normalized spacial score (nSPS) is 22.6. The van der Waals surface area contributed by atoms with E-state index in [4.69, 9.17) is 10.5 Å². The summed E-state index contributed by atoms with van der Waals surface area (Å²) in [5, 5.41) is 0. The van der Waals surface area contributed by atoms with Gasteiger partial charge >= 0.3 is 0 Å². The van der Waals surface area contributed by atoms with E-state index in [0.717, 1.165) is 5.69 Å². The number of aromatic nitrogens is 1. The number of anilines is 1. The van der Waals surface area contributed by atoms with E-state index >= 15 is 0 Å². The molecule has 0 bridgehead atoms. The first-order valence-electron chi connectivity index (χ1n) is 5.70. The van der Waals surface area contributed by atoms with Crippen LogP contribution in [0.25, 0.3) is 0 Å². The molecule has 1 heterocycles. The number of halogens is 2. The average molecular weight is 242 g/mol. The molecule has 17 heavy (non-hydrogen) atoms. The molecule has 3 nitrogen and oxygen atoms in total. The van der Waals surface area contributed by atoms with E-state index in [0.29, 0.717) is 18.0 Å². The molecular weight excluding hydrogens is 226 g/mol. The lowest BCUT2D eigenvalue weighted by atomic mass is 10.1. The minimum atomic E-state index is -2.52. The number of pyridine rings is 1. The molecule has 0 aromatic carbocycles. The Morgan fingerprint density at radius 2 is 2.29 bits per heavy atom. The van der Waals surface area contributed by atoms with Gasteiger partial charge in [0.15, 0.2) is 11.6 Å². The highest BCUT2D eigenvalue weighted by molar-refractivity contribution is 5.46. The van der Waals surface area contributed by atoms with Gasteiger partial charge < -0.3 is 10.5 Å². The van der Waals surface area contributed by atoms with Crippen molar-refractivity contribution in [3.8, 4) is 5.75 Å². The maximum atomic E-state index is 13.0. The van der Waals surface area contributed by atoms with Crippen molar-refractivity contribution in [1.82, 2.24) is 4.98 Å². The van der Waals surface area contributed by atoms with Crippen molar-refractivity contribution < 1.29 is 13.5 Å². The van der Waals surface area contributed by atoms with E-state index in [9.17, 15) is 8.78 Å². The molecule has 94 valence electrons. The summed E-state index contributed by atoms with van der Waals surface area (Å²) in [4.78, 5) is 4.05. The fourth-order valence-corrected chi connectivity index (χ4v) is 2.08. The van der Waals surface area contributed by atoms with Crippen LogP contribution in [0, 0.1) is 12.8 Å². The quantitative estimate of drug-likeness (QED) is 0.886. The number of aryl methyl sites for hydroxylation is 1. The minimum Gasteiger partial charge on any atom is -0.489 e. The molecule has 0 saturated heterocycles. The second kappa shape index (κ2) is 4.47. The van der Waals surface area contributed by atoms with E-state index in [1.807, 2.05) is 6.92 Å². The van der Waals surface area contributed by atoms with Crippen LogP contribution in [0.2, 0.25) is 0 Å². The van der Waals surface area contributed by atoms with E-state index in [2.05, 4.69) is 4.98 Å². The second-order valence-electron chi connectivity index (χ2n) is 4.61. The number of nitrogens with two attached hydrogens (primary N) is 1. The van der Waals surface area contributed by atoms with Gasteiger partial charge in [-0.3, -0.25) is 0 Å². The molecule has 1 fully saturated rings. The van der Waals surface area contributed by atoms with Crippen molar-refractivity contribution in [3.63, 3.8) is 0 Å². The van der Waals surface area contributed by atoms with Gasteiger partial charge in [0.2, 0.25) is 5.92 Å². The maximum Gasteiger partial charge on any atom is 0.248 e. The van der Waals surface area contributed by atoms with Gasteiger partial charge in [0, 0.05) is 18.5 Å². The van der Waals surface area contributed by atoms with Gasteiger partial charge in [-0.05, 0) is 31.4 Å². The molecule has 0 radical (unpaired) electrons. The molecule has 1 atom stereocenters. The Labute approximate surface area is 99.0 Å². The van der Waals surface area contributed by atoms with Gasteiger partial charge in [-0.2, -0.15) is 0 Å². The Morgan fingerprint density at radius 1 is 1.53 bits per heavy atom. The van der Waals surface area contributed by atoms with Crippen LogP contribution in [0.3, 0.4) is 0 Å². The van der Waals surface area contributed by atoms with E-state index in [1.54, 1.807) is 12.1 Å². The van der Waals surface area contributed by atoms with Crippen LogP contribution in [0.15, 0.2) is 12.1 Å². The number of rotatable bonds is 3. The smallest absolute Gasteiger partial charge is 0.248 e. The number of alkyl halides is 2. The Balaban J connectivity index is 1.90. The molecule has 2 rings (SSSR count). The van der Waals surface area contributed by atoms with Crippen LogP contribution in [0.1, 0.15) is 25.0 Å². The predicted molar refractivity (Wildman–Crippen MR) is 61.2 cm³/mol. The summed E-state index contributed by atoms with van der Waals surface area (Å²) in [6.45, 7) is 2.11. The molecule has 1 aromatic rings. The summed E-state index contributed by atoms with van der Waals surface area (Å²) >= 11 is 0. The zero-order valence-electron chi connectivity index (χ0n) is 9.75. The van der Waals surface area contributed by atoms with Crippen LogP contribution in [-0.2, 0) is 0 Å². The highest BCUT2D eigenvalue weighted by Gasteiger charge is 2.39. The van der Waals surface area contributed by atoms with Crippen molar-refractivity contribution in [1.29, 1.82) is 0 Å². The molecule has 1 unspecified atom stereocenters. The van der Waals surface area contributed by atoms with E-state index < -0.39 is 5.92 Å². The van der Waals surface area contributed by atoms with Crippen LogP contribution in [0.5, 0.6) is 5.75 Å². The molecule has 2 N–H and O–H groups in total. The van der Waals surface area contributed by atoms with Crippen LogP contribution in [-0.4, -0.2) is 17.5 Å². The average Bonchev–Trinajstić information content (AvgIpc) is 2.57. The van der Waals surface area contributed by atoms with Crippen LogP contribution in [0.4, 0.5) is 14.6 Å². The van der Waals surface area contributed by atoms with Gasteiger partial charge in [-0.25, -0.2) is 13.8 Å². The molecule has 1 aliphatic carbocycles. The molecule has 5 heteroatoms. The number of hydrogen-bond donors (Lipinski definition) is 1. The topological polar surface area (TPSA) is 48.1 Å². The van der Waals surface area contributed by atoms with E-state index in [-0.39, 0.29) is 25.4 Å². The lowest BCUT2D eigenvalue weighted by molar-refractivity contribution is 0.00293. The predicted octanol–water partition coefficient (Wildman–Crippen LogP) is 2.79. The van der Waals surface area contributed by atoms with Crippen molar-refractivity contribution in [2.24, 2.45) is 5.92 Å². The molecule has 0 spiro atoms. The Kier molecular flexibility index (Phi) is 3.17. The highest BCUT2D eigenvalue weighted by Crippen LogP contribution is 2.39. The molecule has 0 amide bonds. The minimum absolute atomic E-state index is 0.0390. The monoisotopic (exact) mass is 242 g/mol. The number of nitrogen functional groups attached to an aromatic ring is 1. The number of nitrogens with zero attached hydrogens (tertiary/aromatic N) is 1. The van der Waals surface area contributed by atoms with Gasteiger partial charge in [0.25, 0.3) is 0 Å². The number of hydrogen-bond acceptors (Lipinski definition) is 3. The standard InChI is InChI=1S/C12H16F2N2O/c1-8-2-3-10(11(15)16-8)17-7-9-4-5-12(13,14)6-9/h2-3,9H,4-7H2,1H3,(H2,15,16). The molecular formula is C12H16F2N2O. The Morgan fingerprint density at radius 3 is 2.88 bits per heavy atom. The summed E-state index contributed by atoms with van der Waals surface area (Å²) in [6, 6.07) is 3.51. The van der Waals surface area contributed by atoms with Crippen molar-refractivity contribution in [2.45, 2.75) is 32.1 Å². The SMILES string of the molecule is Cc1ccc(OCC2CCC(F)(F)C2)c(N)n1. The first-order valence-corrected chi connectivity index (χ1v) is 5.70. The largest absolute Gasteiger partial charge is 0.489 e. The maximum absolute atomic E-state index is 13.0. The first-order chi connectivity index (χ1) is 7.96. The lowest BCUT2D eigenvalue weighted by Gasteiger charge is -2.13.